The molecule has 1 heterocycles. The van der Waals surface area contributed by atoms with Gasteiger partial charge in [0, 0.05) is 18.3 Å². The molecule has 1 atom stereocenters. The maximum atomic E-state index is 14.6. The van der Waals surface area contributed by atoms with Crippen LogP contribution in [0.3, 0.4) is 0 Å². The Balaban J connectivity index is 2.53. The number of anilines is 1. The maximum Gasteiger partial charge on any atom is 0.437 e. The van der Waals surface area contributed by atoms with Crippen molar-refractivity contribution in [3.63, 3.8) is 0 Å². The van der Waals surface area contributed by atoms with Gasteiger partial charge in [0.1, 0.15) is 11.4 Å². The Hall–Kier alpha value is -2.07. The number of benzene rings is 1. The Morgan fingerprint density at radius 3 is 2.59 bits per heavy atom. The lowest BCUT2D eigenvalue weighted by Crippen LogP contribution is -2.61. The molecule has 27 heavy (non-hydrogen) atoms. The molecule has 0 unspecified atom stereocenters. The third-order valence-corrected chi connectivity index (χ3v) is 6.03. The number of nitrogens with zero attached hydrogens (tertiary/aromatic N) is 2. The van der Waals surface area contributed by atoms with Gasteiger partial charge in [0.05, 0.1) is 16.3 Å². The molecule has 8 nitrogen and oxygen atoms in total. The number of rotatable bonds is 1. The Bertz CT molecular complexity index is 914. The highest BCUT2D eigenvalue weighted by Crippen LogP contribution is 2.34. The lowest BCUT2D eigenvalue weighted by Gasteiger charge is -2.40. The molecule has 2 rings (SSSR count). The minimum atomic E-state index is -3.92. The average molecular weight is 421 g/mol. The fourth-order valence-corrected chi connectivity index (χ4v) is 4.31. The minimum absolute atomic E-state index is 0.0546. The van der Waals surface area contributed by atoms with Crippen molar-refractivity contribution in [2.24, 2.45) is 4.99 Å². The van der Waals surface area contributed by atoms with Gasteiger partial charge in [0.25, 0.3) is 0 Å². The molecule has 1 aliphatic rings. The predicted octanol–water partition coefficient (Wildman–Crippen LogP) is 2.43. The van der Waals surface area contributed by atoms with Crippen molar-refractivity contribution in [2.75, 3.05) is 18.5 Å². The number of sulfonamides is 1. The van der Waals surface area contributed by atoms with Gasteiger partial charge >= 0.3 is 6.09 Å². The van der Waals surface area contributed by atoms with Crippen LogP contribution in [0.4, 0.5) is 14.9 Å². The van der Waals surface area contributed by atoms with E-state index in [0.29, 0.717) is 0 Å². The van der Waals surface area contributed by atoms with Crippen LogP contribution in [-0.4, -0.2) is 43.2 Å². The van der Waals surface area contributed by atoms with E-state index in [1.165, 1.54) is 26.1 Å². The number of amides is 1. The quantitative estimate of drug-likeness (QED) is 0.674. The largest absolute Gasteiger partial charge is 0.442 e. The lowest BCUT2D eigenvalue weighted by molar-refractivity contribution is 0.0602. The first-order valence-corrected chi connectivity index (χ1v) is 9.95. The highest BCUT2D eigenvalue weighted by atomic mass is 35.5. The summed E-state index contributed by atoms with van der Waals surface area (Å²) in [5.74, 6) is -1.60. The Labute approximate surface area is 162 Å². The van der Waals surface area contributed by atoms with Crippen molar-refractivity contribution >= 4 is 39.4 Å². The van der Waals surface area contributed by atoms with E-state index < -0.39 is 38.8 Å². The number of carbonyl (C=O) groups is 1. The Morgan fingerprint density at radius 1 is 1.44 bits per heavy atom. The maximum absolute atomic E-state index is 14.6. The predicted molar refractivity (Wildman–Crippen MR) is 102 cm³/mol. The van der Waals surface area contributed by atoms with E-state index in [1.807, 2.05) is 0 Å². The lowest BCUT2D eigenvalue weighted by atomic mass is 9.93. The molecule has 1 aromatic carbocycles. The first kappa shape index (κ1) is 21.2. The van der Waals surface area contributed by atoms with Crippen molar-refractivity contribution in [1.29, 1.82) is 0 Å². The molecule has 1 saturated heterocycles. The molecule has 0 radical (unpaired) electrons. The van der Waals surface area contributed by atoms with E-state index in [9.17, 15) is 17.6 Å². The van der Waals surface area contributed by atoms with Gasteiger partial charge in [-0.3, -0.25) is 0 Å². The molecule has 11 heteroatoms. The van der Waals surface area contributed by atoms with Crippen molar-refractivity contribution in [1.82, 2.24) is 9.62 Å². The van der Waals surface area contributed by atoms with Gasteiger partial charge < -0.3 is 15.8 Å². The first-order chi connectivity index (χ1) is 12.1. The Kier molecular flexibility index (Phi) is 5.37. The van der Waals surface area contributed by atoms with Gasteiger partial charge in [-0.15, -0.1) is 4.99 Å². The zero-order valence-corrected chi connectivity index (χ0v) is 17.2. The van der Waals surface area contributed by atoms with Crippen molar-refractivity contribution < 1.29 is 22.3 Å². The average Bonchev–Trinajstić information content (AvgIpc) is 2.45. The van der Waals surface area contributed by atoms with Crippen LogP contribution < -0.4 is 11.1 Å². The highest BCUT2D eigenvalue weighted by Gasteiger charge is 2.44. The van der Waals surface area contributed by atoms with Gasteiger partial charge in [0.15, 0.2) is 0 Å². The van der Waals surface area contributed by atoms with Gasteiger partial charge in [-0.25, -0.2) is 21.9 Å². The SMILES string of the molecule is CN1/C(=N\C(=O)OC(C)(C)C)N[C@](C)(c2cc(N)cc(Cl)c2F)CS1(=O)=O. The van der Waals surface area contributed by atoms with Gasteiger partial charge in [0.2, 0.25) is 16.0 Å². The van der Waals surface area contributed by atoms with Crippen LogP contribution in [0.5, 0.6) is 0 Å². The van der Waals surface area contributed by atoms with Crippen LogP contribution in [-0.2, 0) is 20.3 Å². The van der Waals surface area contributed by atoms with Crippen molar-refractivity contribution in [2.45, 2.75) is 38.8 Å². The van der Waals surface area contributed by atoms with Crippen LogP contribution in [0.15, 0.2) is 17.1 Å². The molecule has 150 valence electrons. The number of carbonyl (C=O) groups excluding carboxylic acids is 1. The van der Waals surface area contributed by atoms with E-state index in [4.69, 9.17) is 22.1 Å². The molecule has 0 aliphatic carbocycles. The number of aliphatic imine (C=N–C) groups is 1. The molecule has 0 spiro atoms. The normalized spacial score (nSPS) is 23.8. The number of halogens is 2. The number of nitrogens with one attached hydrogen (secondary N) is 1. The van der Waals surface area contributed by atoms with Crippen LogP contribution >= 0.6 is 11.6 Å². The topological polar surface area (TPSA) is 114 Å². The molecule has 0 saturated carbocycles. The van der Waals surface area contributed by atoms with Crippen molar-refractivity contribution in [3.05, 3.63) is 28.5 Å². The summed E-state index contributed by atoms with van der Waals surface area (Å²) in [7, 11) is -2.69. The van der Waals surface area contributed by atoms with E-state index in [1.54, 1.807) is 20.8 Å². The number of guanidine groups is 1. The number of nitrogens with two attached hydrogens (primary N) is 1. The van der Waals surface area contributed by atoms with Crippen LogP contribution in [0.2, 0.25) is 5.02 Å². The van der Waals surface area contributed by atoms with Gasteiger partial charge in [-0.1, -0.05) is 11.6 Å². The van der Waals surface area contributed by atoms with Crippen molar-refractivity contribution in [3.8, 4) is 0 Å². The number of ether oxygens (including phenoxy) is 1. The minimum Gasteiger partial charge on any atom is -0.442 e. The third-order valence-electron chi connectivity index (χ3n) is 3.81. The second-order valence-corrected chi connectivity index (χ2v) is 9.87. The summed E-state index contributed by atoms with van der Waals surface area (Å²) in [6.45, 7) is 6.40. The second kappa shape index (κ2) is 6.83. The molecule has 0 aromatic heterocycles. The number of nitrogen functional groups attached to an aromatic ring is 1. The summed E-state index contributed by atoms with van der Waals surface area (Å²) < 4.78 is 45.7. The monoisotopic (exact) mass is 420 g/mol. The molecular formula is C16H22ClFN4O4S. The van der Waals surface area contributed by atoms with E-state index in [0.717, 1.165) is 4.31 Å². The van der Waals surface area contributed by atoms with E-state index in [2.05, 4.69) is 10.3 Å². The fraction of sp³-hybridized carbons (Fsp3) is 0.500. The molecule has 1 fully saturated rings. The summed E-state index contributed by atoms with van der Waals surface area (Å²) in [5, 5.41) is 2.56. The number of hydrogen-bond donors (Lipinski definition) is 2. The smallest absolute Gasteiger partial charge is 0.437 e. The standard InChI is InChI=1S/C16H22ClFN4O4S/c1-15(2,3)26-14(23)20-13-21-16(4,8-27(24,25)22(13)5)10-6-9(19)7-11(17)12(10)18/h6-7H,8,19H2,1-5H3,(H,20,21,23)/t16-/m0/s1. The van der Waals surface area contributed by atoms with E-state index in [-0.39, 0.29) is 22.2 Å². The molecule has 1 aliphatic heterocycles. The van der Waals surface area contributed by atoms with E-state index >= 15 is 0 Å². The van der Waals surface area contributed by atoms with Crippen LogP contribution in [0.25, 0.3) is 0 Å². The van der Waals surface area contributed by atoms with Crippen LogP contribution in [0.1, 0.15) is 33.3 Å². The van der Waals surface area contributed by atoms with Gasteiger partial charge in [-0.05, 0) is 39.8 Å². The zero-order chi connectivity index (χ0) is 20.8. The molecule has 0 bridgehead atoms. The highest BCUT2D eigenvalue weighted by molar-refractivity contribution is 7.89. The fourth-order valence-electron chi connectivity index (χ4n) is 2.58. The Morgan fingerprint density at radius 2 is 2.04 bits per heavy atom. The first-order valence-electron chi connectivity index (χ1n) is 7.96. The number of hydrogen-bond acceptors (Lipinski definition) is 5. The summed E-state index contributed by atoms with van der Waals surface area (Å²) in [4.78, 5) is 15.7. The molecule has 1 amide bonds. The van der Waals surface area contributed by atoms with Crippen LogP contribution in [0, 0.1) is 5.82 Å². The molecular weight excluding hydrogens is 399 g/mol. The molecule has 1 aromatic rings. The van der Waals surface area contributed by atoms with Gasteiger partial charge in [-0.2, -0.15) is 0 Å². The third kappa shape index (κ3) is 4.62. The summed E-state index contributed by atoms with van der Waals surface area (Å²) in [6.07, 6.45) is -0.984. The summed E-state index contributed by atoms with van der Waals surface area (Å²) in [5.41, 5.74) is 3.57. The zero-order valence-electron chi connectivity index (χ0n) is 15.6. The second-order valence-electron chi connectivity index (χ2n) is 7.46. The molecule has 3 N–H and O–H groups in total. The summed E-state index contributed by atoms with van der Waals surface area (Å²) >= 11 is 5.85. The summed E-state index contributed by atoms with van der Waals surface area (Å²) in [6, 6.07) is 2.52.